The molecule has 1 spiro atoms. The van der Waals surface area contributed by atoms with Crippen molar-refractivity contribution in [3.8, 4) is 0 Å². The van der Waals surface area contributed by atoms with Crippen molar-refractivity contribution in [1.82, 2.24) is 9.80 Å². The second kappa shape index (κ2) is 6.03. The molecule has 1 aromatic carbocycles. The van der Waals surface area contributed by atoms with Crippen molar-refractivity contribution in [2.75, 3.05) is 33.8 Å². The highest BCUT2D eigenvalue weighted by atomic mass is 19.1. The molecule has 2 saturated heterocycles. The Labute approximate surface area is 126 Å². The molecule has 2 aliphatic heterocycles. The quantitative estimate of drug-likeness (QED) is 0.851. The zero-order valence-corrected chi connectivity index (χ0v) is 13.0. The molecule has 0 saturated carbocycles. The molecule has 0 aliphatic carbocycles. The summed E-state index contributed by atoms with van der Waals surface area (Å²) >= 11 is 0. The second-order valence-electron chi connectivity index (χ2n) is 6.73. The third kappa shape index (κ3) is 3.44. The fraction of sp³-hybridized carbons (Fsp3) is 0.647. The maximum absolute atomic E-state index is 13.0. The van der Waals surface area contributed by atoms with Gasteiger partial charge in [-0.1, -0.05) is 12.1 Å². The zero-order valence-electron chi connectivity index (χ0n) is 13.0. The van der Waals surface area contributed by atoms with Gasteiger partial charge in [0, 0.05) is 32.3 Å². The molecule has 3 rings (SSSR count). The smallest absolute Gasteiger partial charge is 0.123 e. The maximum Gasteiger partial charge on any atom is 0.123 e. The average molecular weight is 292 g/mol. The topological polar surface area (TPSA) is 15.7 Å². The fourth-order valence-corrected chi connectivity index (χ4v) is 3.64. The molecular weight excluding hydrogens is 267 g/mol. The summed E-state index contributed by atoms with van der Waals surface area (Å²) in [5.74, 6) is -0.166. The number of nitrogens with zero attached hydrogens (tertiary/aromatic N) is 2. The van der Waals surface area contributed by atoms with Crippen LogP contribution in [0.3, 0.4) is 0 Å². The van der Waals surface area contributed by atoms with Gasteiger partial charge in [0.05, 0.1) is 5.60 Å². The highest BCUT2D eigenvalue weighted by Gasteiger charge is 2.43. The van der Waals surface area contributed by atoms with Crippen molar-refractivity contribution >= 4 is 0 Å². The van der Waals surface area contributed by atoms with Crippen molar-refractivity contribution in [2.24, 2.45) is 0 Å². The van der Waals surface area contributed by atoms with Crippen LogP contribution in [-0.2, 0) is 11.3 Å². The van der Waals surface area contributed by atoms with Crippen LogP contribution in [0.25, 0.3) is 0 Å². The van der Waals surface area contributed by atoms with Crippen LogP contribution in [0.1, 0.15) is 24.8 Å². The molecule has 0 bridgehead atoms. The average Bonchev–Trinajstić information content (AvgIpc) is 2.84. The second-order valence-corrected chi connectivity index (χ2v) is 6.73. The fourth-order valence-electron chi connectivity index (χ4n) is 3.64. The van der Waals surface area contributed by atoms with Crippen LogP contribution in [0.5, 0.6) is 0 Å². The number of rotatable bonds is 3. The molecule has 1 aromatic rings. The first kappa shape index (κ1) is 14.9. The Bertz CT molecular complexity index is 476. The minimum atomic E-state index is -0.166. The van der Waals surface area contributed by atoms with Gasteiger partial charge in [0.2, 0.25) is 0 Å². The molecule has 0 aromatic heterocycles. The van der Waals surface area contributed by atoms with Crippen molar-refractivity contribution in [2.45, 2.75) is 37.5 Å². The van der Waals surface area contributed by atoms with E-state index < -0.39 is 0 Å². The monoisotopic (exact) mass is 292 g/mol. The Balaban J connectivity index is 1.60. The number of hydrogen-bond donors (Lipinski definition) is 0. The van der Waals surface area contributed by atoms with E-state index in [-0.39, 0.29) is 11.4 Å². The van der Waals surface area contributed by atoms with Gasteiger partial charge in [-0.15, -0.1) is 0 Å². The van der Waals surface area contributed by atoms with Crippen LogP contribution in [0.4, 0.5) is 4.39 Å². The molecule has 2 aliphatic rings. The van der Waals surface area contributed by atoms with Crippen LogP contribution in [0.2, 0.25) is 0 Å². The standard InChI is InChI=1S/C17H25FN2O/c1-19(2)16-7-10-21-17(11-16)8-9-20(13-17)12-14-3-5-15(18)6-4-14/h3-6,16H,7-13H2,1-2H3/t16-,17-/m0/s1. The van der Waals surface area contributed by atoms with Gasteiger partial charge in [0.15, 0.2) is 0 Å². The van der Waals surface area contributed by atoms with Crippen molar-refractivity contribution in [1.29, 1.82) is 0 Å². The SMILES string of the molecule is CN(C)[C@H]1CCO[C@@]2(CCN(Cc3ccc(F)cc3)C2)C1. The predicted molar refractivity (Wildman–Crippen MR) is 81.7 cm³/mol. The molecule has 0 amide bonds. The predicted octanol–water partition coefficient (Wildman–Crippen LogP) is 2.51. The van der Waals surface area contributed by atoms with Crippen molar-refractivity contribution < 1.29 is 9.13 Å². The maximum atomic E-state index is 13.0. The van der Waals surface area contributed by atoms with Gasteiger partial charge in [-0.2, -0.15) is 0 Å². The van der Waals surface area contributed by atoms with Gasteiger partial charge in [-0.3, -0.25) is 4.90 Å². The molecule has 21 heavy (non-hydrogen) atoms. The van der Waals surface area contributed by atoms with E-state index >= 15 is 0 Å². The van der Waals surface area contributed by atoms with Crippen LogP contribution in [0.15, 0.2) is 24.3 Å². The van der Waals surface area contributed by atoms with Gasteiger partial charge in [-0.05, 0) is 51.1 Å². The summed E-state index contributed by atoms with van der Waals surface area (Å²) < 4.78 is 19.1. The minimum Gasteiger partial charge on any atom is -0.373 e. The highest BCUT2D eigenvalue weighted by molar-refractivity contribution is 5.16. The normalized spacial score (nSPS) is 30.4. The molecule has 2 atom stereocenters. The molecule has 2 heterocycles. The van der Waals surface area contributed by atoms with E-state index in [0.717, 1.165) is 45.5 Å². The molecule has 0 radical (unpaired) electrons. The third-order valence-corrected chi connectivity index (χ3v) is 4.91. The van der Waals surface area contributed by atoms with Crippen molar-refractivity contribution in [3.63, 3.8) is 0 Å². The number of likely N-dealkylation sites (tertiary alicyclic amines) is 1. The first-order valence-electron chi connectivity index (χ1n) is 7.84. The number of halogens is 1. The number of ether oxygens (including phenoxy) is 1. The van der Waals surface area contributed by atoms with Crippen LogP contribution in [-0.4, -0.2) is 55.2 Å². The molecule has 0 unspecified atom stereocenters. The Morgan fingerprint density at radius 3 is 2.81 bits per heavy atom. The minimum absolute atomic E-state index is 0.0349. The summed E-state index contributed by atoms with van der Waals surface area (Å²) in [6, 6.07) is 7.47. The lowest BCUT2D eigenvalue weighted by Gasteiger charge is -2.40. The third-order valence-electron chi connectivity index (χ3n) is 4.91. The lowest BCUT2D eigenvalue weighted by molar-refractivity contribution is -0.0932. The lowest BCUT2D eigenvalue weighted by atomic mass is 9.89. The van der Waals surface area contributed by atoms with Crippen LogP contribution < -0.4 is 0 Å². The van der Waals surface area contributed by atoms with E-state index in [1.807, 2.05) is 12.1 Å². The first-order chi connectivity index (χ1) is 10.1. The summed E-state index contributed by atoms with van der Waals surface area (Å²) in [6.45, 7) is 3.82. The van der Waals surface area contributed by atoms with E-state index in [2.05, 4.69) is 23.9 Å². The Morgan fingerprint density at radius 2 is 2.10 bits per heavy atom. The van der Waals surface area contributed by atoms with E-state index in [0.29, 0.717) is 6.04 Å². The largest absolute Gasteiger partial charge is 0.373 e. The first-order valence-corrected chi connectivity index (χ1v) is 7.84. The summed E-state index contributed by atoms with van der Waals surface area (Å²) in [5, 5.41) is 0. The van der Waals surface area contributed by atoms with Crippen LogP contribution in [0, 0.1) is 5.82 Å². The summed E-state index contributed by atoms with van der Waals surface area (Å²) in [5.41, 5.74) is 1.21. The molecule has 4 heteroatoms. The Kier molecular flexibility index (Phi) is 4.29. The van der Waals surface area contributed by atoms with Gasteiger partial charge < -0.3 is 9.64 Å². The molecule has 0 N–H and O–H groups in total. The van der Waals surface area contributed by atoms with E-state index in [4.69, 9.17) is 4.74 Å². The molecule has 3 nitrogen and oxygen atoms in total. The van der Waals surface area contributed by atoms with Crippen molar-refractivity contribution in [3.05, 3.63) is 35.6 Å². The summed E-state index contributed by atoms with van der Waals surface area (Å²) in [6.07, 6.45) is 3.37. The summed E-state index contributed by atoms with van der Waals surface area (Å²) in [7, 11) is 4.32. The summed E-state index contributed by atoms with van der Waals surface area (Å²) in [4.78, 5) is 4.76. The van der Waals surface area contributed by atoms with Gasteiger partial charge in [0.25, 0.3) is 0 Å². The van der Waals surface area contributed by atoms with Crippen LogP contribution >= 0.6 is 0 Å². The van der Waals surface area contributed by atoms with Gasteiger partial charge in [0.1, 0.15) is 5.82 Å². The highest BCUT2D eigenvalue weighted by Crippen LogP contribution is 2.35. The van der Waals surface area contributed by atoms with Gasteiger partial charge in [-0.25, -0.2) is 4.39 Å². The number of benzene rings is 1. The number of hydrogen-bond acceptors (Lipinski definition) is 3. The molecular formula is C17H25FN2O. The lowest BCUT2D eigenvalue weighted by Crippen LogP contribution is -2.48. The zero-order chi connectivity index (χ0) is 14.9. The van der Waals surface area contributed by atoms with E-state index in [1.54, 1.807) is 12.1 Å². The Morgan fingerprint density at radius 1 is 1.33 bits per heavy atom. The van der Waals surface area contributed by atoms with Gasteiger partial charge >= 0.3 is 0 Å². The van der Waals surface area contributed by atoms with E-state index in [9.17, 15) is 4.39 Å². The molecule has 2 fully saturated rings. The van der Waals surface area contributed by atoms with E-state index in [1.165, 1.54) is 5.56 Å². The molecule has 116 valence electrons. The Hall–Kier alpha value is -0.970.